The summed E-state index contributed by atoms with van der Waals surface area (Å²) in [6, 6.07) is 15.5. The molecule has 3 nitrogen and oxygen atoms in total. The van der Waals surface area contributed by atoms with Crippen LogP contribution in [0, 0.1) is 0 Å². The Kier molecular flexibility index (Phi) is 5.56. The number of nitrogens with one attached hydrogen (secondary N) is 1. The fourth-order valence-electron chi connectivity index (χ4n) is 2.74. The predicted octanol–water partition coefficient (Wildman–Crippen LogP) is 3.11. The molecule has 1 aliphatic heterocycles. The molecule has 0 spiro atoms. The summed E-state index contributed by atoms with van der Waals surface area (Å²) in [5.41, 5.74) is 2.46. The third kappa shape index (κ3) is 3.94. The van der Waals surface area contributed by atoms with E-state index in [2.05, 4.69) is 12.2 Å². The van der Waals surface area contributed by atoms with Gasteiger partial charge >= 0.3 is 5.97 Å². The summed E-state index contributed by atoms with van der Waals surface area (Å²) in [7, 11) is 0. The van der Waals surface area contributed by atoms with Gasteiger partial charge in [0.15, 0.2) is 0 Å². The number of unbranched alkanes of at least 4 members (excludes halogenated alkanes) is 1. The van der Waals surface area contributed by atoms with Crippen LogP contribution in [0.4, 0.5) is 0 Å². The van der Waals surface area contributed by atoms with Gasteiger partial charge in [0, 0.05) is 16.4 Å². The summed E-state index contributed by atoms with van der Waals surface area (Å²) in [4.78, 5) is 12.5. The van der Waals surface area contributed by atoms with Crippen molar-refractivity contribution < 1.29 is 9.53 Å². The minimum atomic E-state index is -0.315. The second kappa shape index (κ2) is 8.04. The van der Waals surface area contributed by atoms with E-state index < -0.39 is 0 Å². The van der Waals surface area contributed by atoms with Gasteiger partial charge in [-0.3, -0.25) is 0 Å². The Bertz CT molecular complexity index is 917. The zero-order chi connectivity index (χ0) is 17.6. The molecule has 0 saturated carbocycles. The summed E-state index contributed by atoms with van der Waals surface area (Å²) >= 11 is 6.23. The van der Waals surface area contributed by atoms with Crippen molar-refractivity contribution in [2.75, 3.05) is 6.61 Å². The van der Waals surface area contributed by atoms with Crippen LogP contribution in [0.2, 0.25) is 5.02 Å². The minimum Gasteiger partial charge on any atom is -0.462 e. The number of fused-ring (bicyclic) bond motifs is 1. The molecule has 0 radical (unpaired) electrons. The smallest absolute Gasteiger partial charge is 0.338 e. The maximum absolute atomic E-state index is 12.5. The lowest BCUT2D eigenvalue weighted by molar-refractivity contribution is -0.136. The van der Waals surface area contributed by atoms with Gasteiger partial charge in [0.05, 0.1) is 17.9 Å². The second-order valence-corrected chi connectivity index (χ2v) is 6.25. The molecule has 0 amide bonds. The highest BCUT2D eigenvalue weighted by molar-refractivity contribution is 6.30. The van der Waals surface area contributed by atoms with E-state index in [0.717, 1.165) is 34.5 Å². The van der Waals surface area contributed by atoms with E-state index in [1.54, 1.807) is 18.3 Å². The first kappa shape index (κ1) is 17.3. The van der Waals surface area contributed by atoms with Gasteiger partial charge in [-0.1, -0.05) is 61.3 Å². The number of rotatable bonds is 5. The quantitative estimate of drug-likeness (QED) is 0.663. The minimum absolute atomic E-state index is 0.315. The Morgan fingerprint density at radius 1 is 1.12 bits per heavy atom. The highest BCUT2D eigenvalue weighted by atomic mass is 35.5. The molecule has 3 rings (SSSR count). The highest BCUT2D eigenvalue weighted by Crippen LogP contribution is 2.12. The van der Waals surface area contributed by atoms with Crippen LogP contribution in [-0.4, -0.2) is 12.6 Å². The maximum Gasteiger partial charge on any atom is 0.338 e. The van der Waals surface area contributed by atoms with Gasteiger partial charge in [-0.05, 0) is 35.4 Å². The van der Waals surface area contributed by atoms with E-state index in [1.165, 1.54) is 0 Å². The van der Waals surface area contributed by atoms with Crippen molar-refractivity contribution in [1.82, 2.24) is 5.32 Å². The average molecular weight is 354 g/mol. The van der Waals surface area contributed by atoms with Gasteiger partial charge in [0.1, 0.15) is 0 Å². The van der Waals surface area contributed by atoms with Gasteiger partial charge in [0.2, 0.25) is 0 Å². The van der Waals surface area contributed by atoms with E-state index in [4.69, 9.17) is 16.3 Å². The average Bonchev–Trinajstić information content (AvgIpc) is 2.82. The Morgan fingerprint density at radius 2 is 1.92 bits per heavy atom. The van der Waals surface area contributed by atoms with Crippen LogP contribution in [0.15, 0.2) is 60.8 Å². The number of ether oxygens (including phenoxy) is 1. The molecule has 128 valence electrons. The molecule has 2 aromatic rings. The summed E-state index contributed by atoms with van der Waals surface area (Å²) in [6.07, 6.45) is 5.37. The number of halogens is 1. The van der Waals surface area contributed by atoms with Gasteiger partial charge in [0.25, 0.3) is 0 Å². The van der Waals surface area contributed by atoms with Gasteiger partial charge < -0.3 is 10.1 Å². The Labute approximate surface area is 152 Å². The lowest BCUT2D eigenvalue weighted by Gasteiger charge is -2.08. The number of hydrogen-bond acceptors (Lipinski definition) is 3. The lowest BCUT2D eigenvalue weighted by atomic mass is 10.1. The Morgan fingerprint density at radius 3 is 2.68 bits per heavy atom. The molecular formula is C21H20ClNO2. The summed E-state index contributed by atoms with van der Waals surface area (Å²) in [5, 5.41) is 5.59. The molecule has 0 aromatic heterocycles. The van der Waals surface area contributed by atoms with Gasteiger partial charge in [-0.2, -0.15) is 0 Å². The maximum atomic E-state index is 12.5. The summed E-state index contributed by atoms with van der Waals surface area (Å²) < 4.78 is 5.41. The van der Waals surface area contributed by atoms with Crippen molar-refractivity contribution in [3.63, 3.8) is 0 Å². The monoisotopic (exact) mass is 353 g/mol. The molecule has 1 heterocycles. The van der Waals surface area contributed by atoms with Crippen LogP contribution in [0.3, 0.4) is 0 Å². The molecule has 1 N–H and O–H groups in total. The fourth-order valence-corrected chi connectivity index (χ4v) is 2.91. The molecule has 0 unspecified atom stereocenters. The molecule has 0 fully saturated rings. The van der Waals surface area contributed by atoms with E-state index in [9.17, 15) is 4.79 Å². The Balaban J connectivity index is 2.20. The lowest BCUT2D eigenvalue weighted by Crippen LogP contribution is -2.33. The standard InChI is InChI=1S/C21H20ClNO2/c1-2-3-13-25-21(24)18-11-12-23-20(15-7-5-4-6-8-15)19-14-16(22)9-10-17(18)19/h4-12,14,23H,2-3,13H2,1H3. The van der Waals surface area contributed by atoms with Crippen LogP contribution in [0.5, 0.6) is 0 Å². The van der Waals surface area contributed by atoms with E-state index in [0.29, 0.717) is 17.2 Å². The zero-order valence-electron chi connectivity index (χ0n) is 14.1. The highest BCUT2D eigenvalue weighted by Gasteiger charge is 2.14. The first-order chi connectivity index (χ1) is 12.2. The third-order valence-electron chi connectivity index (χ3n) is 4.03. The molecule has 1 aliphatic rings. The van der Waals surface area contributed by atoms with Gasteiger partial charge in [-0.25, -0.2) is 4.79 Å². The van der Waals surface area contributed by atoms with Crippen LogP contribution >= 0.6 is 11.6 Å². The molecule has 0 saturated heterocycles. The van der Waals surface area contributed by atoms with Crippen molar-refractivity contribution in [3.05, 3.63) is 81.8 Å². The van der Waals surface area contributed by atoms with Crippen LogP contribution < -0.4 is 15.8 Å². The number of benzene rings is 2. The van der Waals surface area contributed by atoms with Gasteiger partial charge in [-0.15, -0.1) is 0 Å². The summed E-state index contributed by atoms with van der Waals surface area (Å²) in [5.74, 6) is -0.315. The topological polar surface area (TPSA) is 38.3 Å². The van der Waals surface area contributed by atoms with Crippen molar-refractivity contribution in [2.45, 2.75) is 19.8 Å². The first-order valence-electron chi connectivity index (χ1n) is 8.40. The number of carbonyl (C=O) groups is 1. The number of hydrogen-bond donors (Lipinski definition) is 1. The van der Waals surface area contributed by atoms with E-state index in [-0.39, 0.29) is 5.97 Å². The number of esters is 1. The third-order valence-corrected chi connectivity index (χ3v) is 4.27. The van der Waals surface area contributed by atoms with Crippen molar-refractivity contribution >= 4 is 28.8 Å². The molecule has 0 aliphatic carbocycles. The fraction of sp³-hybridized carbons (Fsp3) is 0.190. The second-order valence-electron chi connectivity index (χ2n) is 5.81. The molecule has 0 bridgehead atoms. The van der Waals surface area contributed by atoms with Crippen molar-refractivity contribution in [3.8, 4) is 0 Å². The molecule has 2 aromatic carbocycles. The van der Waals surface area contributed by atoms with Crippen LogP contribution in [-0.2, 0) is 9.53 Å². The molecule has 4 heteroatoms. The Hall–Kier alpha value is -2.52. The van der Waals surface area contributed by atoms with Crippen LogP contribution in [0.25, 0.3) is 11.3 Å². The molecule has 25 heavy (non-hydrogen) atoms. The zero-order valence-corrected chi connectivity index (χ0v) is 14.8. The first-order valence-corrected chi connectivity index (χ1v) is 8.78. The number of carbonyl (C=O) groups excluding carboxylic acids is 1. The summed E-state index contributed by atoms with van der Waals surface area (Å²) in [6.45, 7) is 2.49. The molecular weight excluding hydrogens is 334 g/mol. The van der Waals surface area contributed by atoms with Crippen LogP contribution in [0.1, 0.15) is 25.3 Å². The van der Waals surface area contributed by atoms with Crippen molar-refractivity contribution in [2.24, 2.45) is 0 Å². The molecule has 0 atom stereocenters. The van der Waals surface area contributed by atoms with Crippen molar-refractivity contribution in [1.29, 1.82) is 0 Å². The largest absolute Gasteiger partial charge is 0.462 e. The predicted molar refractivity (Wildman–Crippen MR) is 101 cm³/mol. The SMILES string of the molecule is CCCCOC(=O)C1=c2ccc(Cl)cc2=C(c2ccccc2)NC=C1. The van der Waals surface area contributed by atoms with E-state index in [1.807, 2.05) is 42.5 Å². The van der Waals surface area contributed by atoms with E-state index >= 15 is 0 Å². The normalized spacial score (nSPS) is 13.0.